The first-order valence-electron chi connectivity index (χ1n) is 8.58. The molecule has 0 aliphatic heterocycles. The number of carbonyl (C=O) groups is 1. The van der Waals surface area contributed by atoms with E-state index in [1.54, 1.807) is 6.07 Å². The fourth-order valence-corrected chi connectivity index (χ4v) is 3.72. The molecule has 0 aliphatic carbocycles. The van der Waals surface area contributed by atoms with E-state index in [4.69, 9.17) is 5.73 Å². The molecule has 0 atom stereocenters. The molecule has 3 nitrogen and oxygen atoms in total. The third-order valence-corrected chi connectivity index (χ3v) is 5.31. The summed E-state index contributed by atoms with van der Waals surface area (Å²) in [5.74, 6) is -0.411. The third kappa shape index (κ3) is 2.80. The number of nitrogens with zero attached hydrogens (tertiary/aromatic N) is 1. The Morgan fingerprint density at radius 1 is 1.12 bits per heavy atom. The average Bonchev–Trinajstić information content (AvgIpc) is 2.96. The van der Waals surface area contributed by atoms with Gasteiger partial charge in [-0.15, -0.1) is 0 Å². The lowest BCUT2D eigenvalue weighted by molar-refractivity contribution is 0.100. The molecular formula is C22H18BrN2O. The quantitative estimate of drug-likeness (QED) is 0.506. The van der Waals surface area contributed by atoms with E-state index in [2.05, 4.69) is 51.7 Å². The van der Waals surface area contributed by atoms with Crippen LogP contribution in [-0.4, -0.2) is 10.5 Å². The molecule has 4 aromatic rings. The monoisotopic (exact) mass is 405 g/mol. The minimum Gasteiger partial charge on any atom is -0.366 e. The molecule has 2 N–H and O–H groups in total. The number of aryl methyl sites for hydroxylation is 1. The lowest BCUT2D eigenvalue weighted by atomic mass is 10.0. The maximum absolute atomic E-state index is 12.0. The molecule has 1 radical (unpaired) electrons. The molecule has 0 fully saturated rings. The zero-order chi connectivity index (χ0) is 18.3. The molecule has 1 amide bonds. The molecule has 0 saturated heterocycles. The van der Waals surface area contributed by atoms with E-state index in [-0.39, 0.29) is 0 Å². The SMILES string of the molecule is CCc1c[c]c2c3c(C(N)=O)cccc3n(Cc3ccc(Br)cc3)c2c1. The van der Waals surface area contributed by atoms with Crippen LogP contribution in [0.25, 0.3) is 21.8 Å². The molecule has 26 heavy (non-hydrogen) atoms. The molecule has 0 saturated carbocycles. The summed E-state index contributed by atoms with van der Waals surface area (Å²) >= 11 is 3.48. The van der Waals surface area contributed by atoms with Crippen molar-refractivity contribution in [3.63, 3.8) is 0 Å². The number of nitrogens with two attached hydrogens (primary N) is 1. The van der Waals surface area contributed by atoms with Gasteiger partial charge in [-0.25, -0.2) is 0 Å². The van der Waals surface area contributed by atoms with Crippen molar-refractivity contribution >= 4 is 43.6 Å². The van der Waals surface area contributed by atoms with E-state index in [0.29, 0.717) is 5.56 Å². The van der Waals surface area contributed by atoms with Gasteiger partial charge in [-0.3, -0.25) is 4.79 Å². The summed E-state index contributed by atoms with van der Waals surface area (Å²) in [7, 11) is 0. The van der Waals surface area contributed by atoms with Crippen LogP contribution in [0.15, 0.2) is 59.1 Å². The minimum absolute atomic E-state index is 0.411. The first-order chi connectivity index (χ1) is 12.6. The largest absolute Gasteiger partial charge is 0.366 e. The zero-order valence-electron chi connectivity index (χ0n) is 14.4. The zero-order valence-corrected chi connectivity index (χ0v) is 16.0. The fourth-order valence-electron chi connectivity index (χ4n) is 3.45. The maximum Gasteiger partial charge on any atom is 0.249 e. The molecule has 1 heterocycles. The average molecular weight is 406 g/mol. The molecule has 1 aromatic heterocycles. The van der Waals surface area contributed by atoms with E-state index in [9.17, 15) is 4.79 Å². The van der Waals surface area contributed by atoms with Gasteiger partial charge in [-0.1, -0.05) is 47.1 Å². The summed E-state index contributed by atoms with van der Waals surface area (Å²) in [6, 6.07) is 21.6. The number of carbonyl (C=O) groups excluding carboxylic acids is 1. The van der Waals surface area contributed by atoms with Crippen LogP contribution in [0.3, 0.4) is 0 Å². The predicted molar refractivity (Wildman–Crippen MR) is 109 cm³/mol. The minimum atomic E-state index is -0.411. The van der Waals surface area contributed by atoms with Gasteiger partial charge < -0.3 is 10.3 Å². The van der Waals surface area contributed by atoms with Crippen LogP contribution in [0.4, 0.5) is 0 Å². The number of fused-ring (bicyclic) bond motifs is 3. The Hall–Kier alpha value is -2.59. The van der Waals surface area contributed by atoms with E-state index < -0.39 is 5.91 Å². The normalized spacial score (nSPS) is 11.3. The van der Waals surface area contributed by atoms with Crippen LogP contribution in [-0.2, 0) is 13.0 Å². The number of amides is 1. The molecule has 0 bridgehead atoms. The molecule has 3 aromatic carbocycles. The molecular weight excluding hydrogens is 388 g/mol. The van der Waals surface area contributed by atoms with Gasteiger partial charge in [0, 0.05) is 27.4 Å². The maximum atomic E-state index is 12.0. The number of benzene rings is 3. The highest BCUT2D eigenvalue weighted by molar-refractivity contribution is 9.10. The Bertz CT molecular complexity index is 1130. The Kier molecular flexibility index (Phi) is 4.29. The first kappa shape index (κ1) is 16.9. The van der Waals surface area contributed by atoms with Gasteiger partial charge in [-0.2, -0.15) is 0 Å². The standard InChI is InChI=1S/C22H18BrN2O/c1-2-14-8-11-17-20(12-14)25(13-15-6-9-16(23)10-7-15)19-5-3-4-18(21(17)19)22(24)26/h3-10,12H,2,13H2,1H3,(H2,24,26). The van der Waals surface area contributed by atoms with Crippen molar-refractivity contribution in [3.8, 4) is 0 Å². The van der Waals surface area contributed by atoms with E-state index in [1.807, 2.05) is 30.3 Å². The number of hydrogen-bond donors (Lipinski definition) is 1. The van der Waals surface area contributed by atoms with Gasteiger partial charge in [0.05, 0.1) is 11.0 Å². The van der Waals surface area contributed by atoms with Gasteiger partial charge in [0.25, 0.3) is 0 Å². The van der Waals surface area contributed by atoms with Crippen LogP contribution >= 0.6 is 15.9 Å². The smallest absolute Gasteiger partial charge is 0.249 e. The molecule has 0 aliphatic rings. The first-order valence-corrected chi connectivity index (χ1v) is 9.37. The van der Waals surface area contributed by atoms with Crippen LogP contribution in [0.1, 0.15) is 28.4 Å². The van der Waals surface area contributed by atoms with Gasteiger partial charge >= 0.3 is 0 Å². The Labute approximate surface area is 160 Å². The number of aromatic nitrogens is 1. The lowest BCUT2D eigenvalue weighted by Crippen LogP contribution is -2.11. The highest BCUT2D eigenvalue weighted by Crippen LogP contribution is 2.33. The summed E-state index contributed by atoms with van der Waals surface area (Å²) < 4.78 is 3.30. The molecule has 129 valence electrons. The molecule has 0 spiro atoms. The Morgan fingerprint density at radius 3 is 2.58 bits per heavy atom. The van der Waals surface area contributed by atoms with E-state index in [0.717, 1.165) is 39.2 Å². The van der Waals surface area contributed by atoms with Crippen molar-refractivity contribution in [1.29, 1.82) is 0 Å². The van der Waals surface area contributed by atoms with Crippen LogP contribution in [0.5, 0.6) is 0 Å². The highest BCUT2D eigenvalue weighted by atomic mass is 79.9. The highest BCUT2D eigenvalue weighted by Gasteiger charge is 2.17. The summed E-state index contributed by atoms with van der Waals surface area (Å²) in [6.07, 6.45) is 0.939. The van der Waals surface area contributed by atoms with Crippen molar-refractivity contribution in [2.75, 3.05) is 0 Å². The van der Waals surface area contributed by atoms with Gasteiger partial charge in [-0.05, 0) is 53.9 Å². The Balaban J connectivity index is 2.03. The van der Waals surface area contributed by atoms with Crippen LogP contribution < -0.4 is 5.73 Å². The van der Waals surface area contributed by atoms with Crippen molar-refractivity contribution in [2.45, 2.75) is 19.9 Å². The summed E-state index contributed by atoms with van der Waals surface area (Å²) in [4.78, 5) is 12.0. The third-order valence-electron chi connectivity index (χ3n) is 4.78. The van der Waals surface area contributed by atoms with Crippen molar-refractivity contribution in [2.24, 2.45) is 5.73 Å². The van der Waals surface area contributed by atoms with Gasteiger partial charge in [0.2, 0.25) is 5.91 Å². The molecule has 4 rings (SSSR count). The van der Waals surface area contributed by atoms with Crippen LogP contribution in [0, 0.1) is 6.07 Å². The van der Waals surface area contributed by atoms with Crippen molar-refractivity contribution in [1.82, 2.24) is 4.57 Å². The Morgan fingerprint density at radius 2 is 1.88 bits per heavy atom. The van der Waals surface area contributed by atoms with E-state index in [1.165, 1.54) is 11.1 Å². The van der Waals surface area contributed by atoms with Gasteiger partial charge in [0.1, 0.15) is 0 Å². The number of rotatable bonds is 4. The molecule has 4 heteroatoms. The predicted octanol–water partition coefficient (Wildman–Crippen LogP) is 5.07. The number of hydrogen-bond acceptors (Lipinski definition) is 1. The lowest BCUT2D eigenvalue weighted by Gasteiger charge is -2.09. The topological polar surface area (TPSA) is 48.0 Å². The number of primary amides is 1. The fraction of sp³-hybridized carbons (Fsp3) is 0.136. The summed E-state index contributed by atoms with van der Waals surface area (Å²) in [5.41, 5.74) is 10.7. The molecule has 0 unspecified atom stereocenters. The second-order valence-corrected chi connectivity index (χ2v) is 7.31. The second kappa shape index (κ2) is 6.61. The van der Waals surface area contributed by atoms with Crippen molar-refractivity contribution in [3.05, 3.63) is 81.8 Å². The second-order valence-electron chi connectivity index (χ2n) is 6.40. The summed E-state index contributed by atoms with van der Waals surface area (Å²) in [6.45, 7) is 2.85. The van der Waals surface area contributed by atoms with Crippen LogP contribution in [0.2, 0.25) is 0 Å². The van der Waals surface area contributed by atoms with E-state index >= 15 is 0 Å². The number of halogens is 1. The van der Waals surface area contributed by atoms with Crippen molar-refractivity contribution < 1.29 is 4.79 Å². The summed E-state index contributed by atoms with van der Waals surface area (Å²) in [5, 5.41) is 1.83. The van der Waals surface area contributed by atoms with Gasteiger partial charge in [0.15, 0.2) is 0 Å².